The van der Waals surface area contributed by atoms with Crippen LogP contribution in [0, 0.1) is 0 Å². The number of methoxy groups -OCH3 is 1. The van der Waals surface area contributed by atoms with Crippen LogP contribution in [0.25, 0.3) is 0 Å². The molecule has 6 nitrogen and oxygen atoms in total. The first-order chi connectivity index (χ1) is 9.95. The van der Waals surface area contributed by atoms with Crippen LogP contribution >= 0.6 is 0 Å². The van der Waals surface area contributed by atoms with Crippen LogP contribution in [-0.4, -0.2) is 38.4 Å². The number of carbonyl (C=O) groups excluding carboxylic acids is 1. The van der Waals surface area contributed by atoms with Gasteiger partial charge in [-0.3, -0.25) is 4.72 Å². The molecule has 116 valence electrons. The van der Waals surface area contributed by atoms with E-state index in [0.29, 0.717) is 6.54 Å². The Morgan fingerprint density at radius 3 is 2.71 bits per heavy atom. The van der Waals surface area contributed by atoms with Crippen LogP contribution in [-0.2, 0) is 14.9 Å². The van der Waals surface area contributed by atoms with Gasteiger partial charge in [0, 0.05) is 12.6 Å². The highest BCUT2D eigenvalue weighted by molar-refractivity contribution is 7.90. The van der Waals surface area contributed by atoms with Gasteiger partial charge in [-0.2, -0.15) is 12.7 Å². The lowest BCUT2D eigenvalue weighted by atomic mass is 10.1. The Balaban J connectivity index is 2.26. The summed E-state index contributed by atoms with van der Waals surface area (Å²) in [6.07, 6.45) is 2.73. The van der Waals surface area contributed by atoms with Crippen molar-refractivity contribution in [1.29, 1.82) is 0 Å². The lowest BCUT2D eigenvalue weighted by Crippen LogP contribution is -2.45. The smallest absolute Gasteiger partial charge is 0.339 e. The predicted octanol–water partition coefficient (Wildman–Crippen LogP) is 2.00. The molecule has 0 bridgehead atoms. The van der Waals surface area contributed by atoms with Crippen LogP contribution in [0.2, 0.25) is 0 Å². The molecule has 1 unspecified atom stereocenters. The standard InChI is InChI=1S/C14H20N2O4S/c1-11-7-5-6-10-16(11)21(18,19)15-13-9-4-3-8-12(13)14(17)20-2/h3-4,8-9,11,15H,5-7,10H2,1-2H3. The molecule has 1 aromatic rings. The maximum absolute atomic E-state index is 12.5. The summed E-state index contributed by atoms with van der Waals surface area (Å²) in [6.45, 7) is 2.39. The molecular weight excluding hydrogens is 292 g/mol. The molecule has 1 aliphatic heterocycles. The zero-order valence-electron chi connectivity index (χ0n) is 12.2. The third-order valence-electron chi connectivity index (χ3n) is 3.62. The van der Waals surface area contributed by atoms with Crippen LogP contribution in [0.3, 0.4) is 0 Å². The Hall–Kier alpha value is -1.60. The van der Waals surface area contributed by atoms with E-state index in [2.05, 4.69) is 9.46 Å². The fraction of sp³-hybridized carbons (Fsp3) is 0.500. The van der Waals surface area contributed by atoms with Gasteiger partial charge in [0.15, 0.2) is 0 Å². The van der Waals surface area contributed by atoms with E-state index in [1.165, 1.54) is 17.5 Å². The zero-order valence-corrected chi connectivity index (χ0v) is 13.0. The highest BCUT2D eigenvalue weighted by Gasteiger charge is 2.30. The number of hydrogen-bond donors (Lipinski definition) is 1. The molecule has 21 heavy (non-hydrogen) atoms. The van der Waals surface area contributed by atoms with E-state index in [1.807, 2.05) is 6.92 Å². The van der Waals surface area contributed by atoms with E-state index in [9.17, 15) is 13.2 Å². The number of nitrogens with one attached hydrogen (secondary N) is 1. The Bertz CT molecular complexity index is 615. The van der Waals surface area contributed by atoms with Gasteiger partial charge in [-0.05, 0) is 31.9 Å². The molecule has 1 heterocycles. The average molecular weight is 312 g/mol. The molecule has 1 atom stereocenters. The summed E-state index contributed by atoms with van der Waals surface area (Å²) < 4.78 is 33.6. The van der Waals surface area contributed by atoms with Crippen LogP contribution in [0.15, 0.2) is 24.3 Å². The third kappa shape index (κ3) is 3.54. The summed E-state index contributed by atoms with van der Waals surface area (Å²) in [7, 11) is -2.41. The fourth-order valence-corrected chi connectivity index (χ4v) is 4.01. The van der Waals surface area contributed by atoms with Crippen LogP contribution in [0.5, 0.6) is 0 Å². The molecule has 0 aliphatic carbocycles. The number of nitrogens with zero attached hydrogens (tertiary/aromatic N) is 1. The minimum atomic E-state index is -3.67. The SMILES string of the molecule is COC(=O)c1ccccc1NS(=O)(=O)N1CCCCC1C. The summed E-state index contributed by atoms with van der Waals surface area (Å²) in [6, 6.07) is 6.38. The van der Waals surface area contributed by atoms with Crippen molar-refractivity contribution in [1.82, 2.24) is 4.31 Å². The zero-order chi connectivity index (χ0) is 15.5. The molecule has 1 saturated heterocycles. The van der Waals surface area contributed by atoms with E-state index in [0.717, 1.165) is 19.3 Å². The first-order valence-corrected chi connectivity index (χ1v) is 8.36. The van der Waals surface area contributed by atoms with Gasteiger partial charge in [0.05, 0.1) is 18.4 Å². The van der Waals surface area contributed by atoms with E-state index in [4.69, 9.17) is 0 Å². The van der Waals surface area contributed by atoms with Crippen molar-refractivity contribution in [2.45, 2.75) is 32.2 Å². The molecular formula is C14H20N2O4S. The van der Waals surface area contributed by atoms with E-state index >= 15 is 0 Å². The van der Waals surface area contributed by atoms with Gasteiger partial charge in [0.1, 0.15) is 0 Å². The second-order valence-corrected chi connectivity index (χ2v) is 6.72. The molecule has 1 fully saturated rings. The molecule has 0 aromatic heterocycles. The topological polar surface area (TPSA) is 75.7 Å². The van der Waals surface area contributed by atoms with Crippen molar-refractivity contribution < 1.29 is 17.9 Å². The van der Waals surface area contributed by atoms with Crippen molar-refractivity contribution in [3.05, 3.63) is 29.8 Å². The Kier molecular flexibility index (Phi) is 4.84. The second kappa shape index (κ2) is 6.44. The monoisotopic (exact) mass is 312 g/mol. The normalized spacial score (nSPS) is 20.0. The van der Waals surface area contributed by atoms with Crippen molar-refractivity contribution in [2.24, 2.45) is 0 Å². The molecule has 0 spiro atoms. The lowest BCUT2D eigenvalue weighted by molar-refractivity contribution is 0.0602. The first-order valence-electron chi connectivity index (χ1n) is 6.92. The van der Waals surface area contributed by atoms with Crippen molar-refractivity contribution in [3.63, 3.8) is 0 Å². The minimum absolute atomic E-state index is 0.0402. The molecule has 1 aliphatic rings. The van der Waals surface area contributed by atoms with Crippen LogP contribution in [0.1, 0.15) is 36.5 Å². The molecule has 0 radical (unpaired) electrons. The number of hydrogen-bond acceptors (Lipinski definition) is 4. The molecule has 2 rings (SSSR count). The van der Waals surface area contributed by atoms with Gasteiger partial charge < -0.3 is 4.74 Å². The fourth-order valence-electron chi connectivity index (χ4n) is 2.49. The second-order valence-electron chi connectivity index (χ2n) is 5.10. The van der Waals surface area contributed by atoms with Gasteiger partial charge >= 0.3 is 16.2 Å². The van der Waals surface area contributed by atoms with Crippen molar-refractivity contribution in [2.75, 3.05) is 18.4 Å². The quantitative estimate of drug-likeness (QED) is 0.863. The number of benzene rings is 1. The van der Waals surface area contributed by atoms with Gasteiger partial charge in [-0.1, -0.05) is 18.6 Å². The van der Waals surface area contributed by atoms with E-state index in [-0.39, 0.29) is 17.3 Å². The molecule has 1 N–H and O–H groups in total. The number of rotatable bonds is 4. The maximum atomic E-state index is 12.5. The number of esters is 1. The van der Waals surface area contributed by atoms with Crippen molar-refractivity contribution >= 4 is 21.9 Å². The first kappa shape index (κ1) is 15.8. The molecule has 7 heteroatoms. The number of carbonyl (C=O) groups is 1. The summed E-state index contributed by atoms with van der Waals surface area (Å²) >= 11 is 0. The summed E-state index contributed by atoms with van der Waals surface area (Å²) in [4.78, 5) is 11.7. The molecule has 0 saturated carbocycles. The Morgan fingerprint density at radius 1 is 1.33 bits per heavy atom. The predicted molar refractivity (Wildman–Crippen MR) is 80.3 cm³/mol. The largest absolute Gasteiger partial charge is 0.465 e. The van der Waals surface area contributed by atoms with Gasteiger partial charge in [0.25, 0.3) is 0 Å². The number of piperidine rings is 1. The van der Waals surface area contributed by atoms with Crippen LogP contribution < -0.4 is 4.72 Å². The highest BCUT2D eigenvalue weighted by atomic mass is 32.2. The number of para-hydroxylation sites is 1. The van der Waals surface area contributed by atoms with E-state index < -0.39 is 16.2 Å². The molecule has 0 amide bonds. The summed E-state index contributed by atoms with van der Waals surface area (Å²) in [5.74, 6) is -0.569. The number of ether oxygens (including phenoxy) is 1. The summed E-state index contributed by atoms with van der Waals surface area (Å²) in [5.41, 5.74) is 0.440. The maximum Gasteiger partial charge on any atom is 0.339 e. The van der Waals surface area contributed by atoms with Gasteiger partial charge in [-0.25, -0.2) is 4.79 Å². The third-order valence-corrected chi connectivity index (χ3v) is 5.26. The molecule has 1 aromatic carbocycles. The minimum Gasteiger partial charge on any atom is -0.465 e. The highest BCUT2D eigenvalue weighted by Crippen LogP contribution is 2.23. The van der Waals surface area contributed by atoms with Crippen molar-refractivity contribution in [3.8, 4) is 0 Å². The number of anilines is 1. The Labute approximate surface area is 125 Å². The summed E-state index contributed by atoms with van der Waals surface area (Å²) in [5, 5.41) is 0. The average Bonchev–Trinajstić information content (AvgIpc) is 2.47. The van der Waals surface area contributed by atoms with E-state index in [1.54, 1.807) is 18.2 Å². The Morgan fingerprint density at radius 2 is 2.05 bits per heavy atom. The lowest BCUT2D eigenvalue weighted by Gasteiger charge is -2.32. The van der Waals surface area contributed by atoms with Gasteiger partial charge in [-0.15, -0.1) is 0 Å². The van der Waals surface area contributed by atoms with Crippen LogP contribution in [0.4, 0.5) is 5.69 Å². The van der Waals surface area contributed by atoms with Gasteiger partial charge in [0.2, 0.25) is 0 Å².